The Kier molecular flexibility index (Phi) is 5.05. The fourth-order valence-electron chi connectivity index (χ4n) is 3.83. The number of nitrogens with zero attached hydrogens (tertiary/aromatic N) is 2. The van der Waals surface area contributed by atoms with Gasteiger partial charge < -0.3 is 9.64 Å². The molecule has 2 aromatic rings. The van der Waals surface area contributed by atoms with Crippen LogP contribution in [0.25, 0.3) is 0 Å². The molecule has 4 heteroatoms. The number of carbonyl (C=O) groups excluding carboxylic acids is 1. The zero-order chi connectivity index (χ0) is 17.9. The maximum Gasteiger partial charge on any atom is 0.253 e. The molecular weight excluding hydrogens is 324 g/mol. The molecule has 0 aromatic heterocycles. The second-order valence-corrected chi connectivity index (χ2v) is 7.36. The molecule has 0 spiro atoms. The van der Waals surface area contributed by atoms with E-state index in [1.54, 1.807) is 0 Å². The van der Waals surface area contributed by atoms with Crippen molar-refractivity contribution in [3.63, 3.8) is 0 Å². The standard InChI is InChI=1S/C22H26N2O2/c1-17-6-8-18(9-7-17)14-23-12-13-26-21(16-23)22(25)24-11-10-19-4-2-3-5-20(19)15-24/h2-9,21H,10-16H2,1H3. The first-order chi connectivity index (χ1) is 12.7. The summed E-state index contributed by atoms with van der Waals surface area (Å²) in [5.41, 5.74) is 5.19. The van der Waals surface area contributed by atoms with Crippen molar-refractivity contribution in [2.45, 2.75) is 32.5 Å². The van der Waals surface area contributed by atoms with Crippen molar-refractivity contribution < 1.29 is 9.53 Å². The van der Waals surface area contributed by atoms with Gasteiger partial charge in [-0.25, -0.2) is 0 Å². The van der Waals surface area contributed by atoms with Crippen LogP contribution in [0.5, 0.6) is 0 Å². The SMILES string of the molecule is Cc1ccc(CN2CCOC(C(=O)N3CCc4ccccc4C3)C2)cc1. The summed E-state index contributed by atoms with van der Waals surface area (Å²) in [6, 6.07) is 17.0. The van der Waals surface area contributed by atoms with Gasteiger partial charge in [-0.2, -0.15) is 0 Å². The summed E-state index contributed by atoms with van der Waals surface area (Å²) >= 11 is 0. The van der Waals surface area contributed by atoms with Crippen LogP contribution in [0.2, 0.25) is 0 Å². The van der Waals surface area contributed by atoms with Crippen molar-refractivity contribution >= 4 is 5.91 Å². The van der Waals surface area contributed by atoms with Gasteiger partial charge in [-0.15, -0.1) is 0 Å². The first-order valence-corrected chi connectivity index (χ1v) is 9.44. The van der Waals surface area contributed by atoms with E-state index in [2.05, 4.69) is 54.3 Å². The molecule has 0 aliphatic carbocycles. The lowest BCUT2D eigenvalue weighted by Gasteiger charge is -2.36. The predicted molar refractivity (Wildman–Crippen MR) is 102 cm³/mol. The molecule has 1 fully saturated rings. The van der Waals surface area contributed by atoms with Gasteiger partial charge in [0.25, 0.3) is 5.91 Å². The molecule has 1 unspecified atom stereocenters. The van der Waals surface area contributed by atoms with E-state index in [-0.39, 0.29) is 12.0 Å². The average Bonchev–Trinajstić information content (AvgIpc) is 2.69. The Morgan fingerprint density at radius 2 is 1.85 bits per heavy atom. The van der Waals surface area contributed by atoms with E-state index in [9.17, 15) is 4.79 Å². The number of hydrogen-bond donors (Lipinski definition) is 0. The number of fused-ring (bicyclic) bond motifs is 1. The van der Waals surface area contributed by atoms with Crippen LogP contribution in [-0.4, -0.2) is 48.1 Å². The number of morpholine rings is 1. The minimum Gasteiger partial charge on any atom is -0.366 e. The summed E-state index contributed by atoms with van der Waals surface area (Å²) in [5.74, 6) is 0.133. The van der Waals surface area contributed by atoms with Crippen LogP contribution in [0.3, 0.4) is 0 Å². The molecule has 1 amide bonds. The molecule has 0 radical (unpaired) electrons. The fourth-order valence-corrected chi connectivity index (χ4v) is 3.83. The Labute approximate surface area is 155 Å². The Morgan fingerprint density at radius 3 is 2.65 bits per heavy atom. The van der Waals surface area contributed by atoms with Crippen molar-refractivity contribution in [2.24, 2.45) is 0 Å². The number of benzene rings is 2. The maximum atomic E-state index is 13.0. The molecule has 2 aliphatic heterocycles. The lowest BCUT2D eigenvalue weighted by atomic mass is 9.99. The van der Waals surface area contributed by atoms with Crippen LogP contribution in [0.1, 0.15) is 22.3 Å². The van der Waals surface area contributed by atoms with Gasteiger partial charge in [-0.1, -0.05) is 54.1 Å². The van der Waals surface area contributed by atoms with E-state index in [0.717, 1.165) is 26.1 Å². The molecule has 1 atom stereocenters. The van der Waals surface area contributed by atoms with Gasteiger partial charge in [0, 0.05) is 32.7 Å². The Balaban J connectivity index is 1.38. The lowest BCUT2D eigenvalue weighted by molar-refractivity contribution is -0.150. The Bertz CT molecular complexity index is 772. The smallest absolute Gasteiger partial charge is 0.253 e. The van der Waals surface area contributed by atoms with Crippen molar-refractivity contribution in [3.8, 4) is 0 Å². The highest BCUT2D eigenvalue weighted by molar-refractivity contribution is 5.81. The number of ether oxygens (including phenoxy) is 1. The summed E-state index contributed by atoms with van der Waals surface area (Å²) in [5, 5.41) is 0. The summed E-state index contributed by atoms with van der Waals surface area (Å²) in [6.07, 6.45) is 0.585. The minimum atomic E-state index is -0.348. The van der Waals surface area contributed by atoms with Crippen LogP contribution in [0.15, 0.2) is 48.5 Å². The fraction of sp³-hybridized carbons (Fsp3) is 0.409. The van der Waals surface area contributed by atoms with Gasteiger partial charge in [-0.3, -0.25) is 9.69 Å². The molecule has 4 nitrogen and oxygen atoms in total. The molecule has 2 heterocycles. The largest absolute Gasteiger partial charge is 0.366 e. The first-order valence-electron chi connectivity index (χ1n) is 9.44. The Hall–Kier alpha value is -2.17. The molecule has 2 aliphatic rings. The quantitative estimate of drug-likeness (QED) is 0.853. The van der Waals surface area contributed by atoms with Crippen molar-refractivity contribution in [1.29, 1.82) is 0 Å². The van der Waals surface area contributed by atoms with E-state index in [1.807, 2.05) is 11.0 Å². The molecule has 136 valence electrons. The summed E-state index contributed by atoms with van der Waals surface area (Å²) in [6.45, 7) is 6.62. The van der Waals surface area contributed by atoms with Crippen LogP contribution in [0, 0.1) is 6.92 Å². The molecule has 2 aromatic carbocycles. The molecule has 4 rings (SSSR count). The van der Waals surface area contributed by atoms with Crippen molar-refractivity contribution in [2.75, 3.05) is 26.2 Å². The van der Waals surface area contributed by atoms with Gasteiger partial charge >= 0.3 is 0 Å². The van der Waals surface area contributed by atoms with E-state index in [1.165, 1.54) is 22.3 Å². The minimum absolute atomic E-state index is 0.133. The average molecular weight is 350 g/mol. The van der Waals surface area contributed by atoms with E-state index in [0.29, 0.717) is 19.7 Å². The third-order valence-corrected chi connectivity index (χ3v) is 5.40. The molecule has 0 saturated carbocycles. The van der Waals surface area contributed by atoms with Crippen molar-refractivity contribution in [1.82, 2.24) is 9.80 Å². The Morgan fingerprint density at radius 1 is 1.08 bits per heavy atom. The highest BCUT2D eigenvalue weighted by atomic mass is 16.5. The third-order valence-electron chi connectivity index (χ3n) is 5.40. The molecular formula is C22H26N2O2. The van der Waals surface area contributed by atoms with Gasteiger partial charge in [-0.05, 0) is 30.0 Å². The zero-order valence-corrected chi connectivity index (χ0v) is 15.4. The van der Waals surface area contributed by atoms with Crippen LogP contribution < -0.4 is 0 Å². The van der Waals surface area contributed by atoms with Crippen molar-refractivity contribution in [3.05, 3.63) is 70.8 Å². The number of hydrogen-bond acceptors (Lipinski definition) is 3. The lowest BCUT2D eigenvalue weighted by Crippen LogP contribution is -2.51. The highest BCUT2D eigenvalue weighted by Crippen LogP contribution is 2.21. The van der Waals surface area contributed by atoms with Crippen LogP contribution in [-0.2, 0) is 29.0 Å². The summed E-state index contributed by atoms with van der Waals surface area (Å²) < 4.78 is 5.84. The van der Waals surface area contributed by atoms with E-state index >= 15 is 0 Å². The van der Waals surface area contributed by atoms with Gasteiger partial charge in [0.05, 0.1) is 6.61 Å². The normalized spacial score (nSPS) is 20.7. The highest BCUT2D eigenvalue weighted by Gasteiger charge is 2.31. The van der Waals surface area contributed by atoms with Crippen LogP contribution in [0.4, 0.5) is 0 Å². The zero-order valence-electron chi connectivity index (χ0n) is 15.4. The summed E-state index contributed by atoms with van der Waals surface area (Å²) in [7, 11) is 0. The molecule has 26 heavy (non-hydrogen) atoms. The number of carbonyl (C=O) groups is 1. The number of aryl methyl sites for hydroxylation is 1. The third kappa shape index (κ3) is 3.81. The second-order valence-electron chi connectivity index (χ2n) is 7.36. The van der Waals surface area contributed by atoms with Crippen LogP contribution >= 0.6 is 0 Å². The predicted octanol–water partition coefficient (Wildman–Crippen LogP) is 2.78. The number of amides is 1. The van der Waals surface area contributed by atoms with E-state index < -0.39 is 0 Å². The summed E-state index contributed by atoms with van der Waals surface area (Å²) in [4.78, 5) is 17.3. The van der Waals surface area contributed by atoms with Gasteiger partial charge in [0.1, 0.15) is 6.10 Å². The first kappa shape index (κ1) is 17.3. The molecule has 1 saturated heterocycles. The van der Waals surface area contributed by atoms with Gasteiger partial charge in [0.2, 0.25) is 0 Å². The van der Waals surface area contributed by atoms with E-state index in [4.69, 9.17) is 4.74 Å². The van der Waals surface area contributed by atoms with Gasteiger partial charge in [0.15, 0.2) is 0 Å². The number of rotatable bonds is 3. The molecule has 0 bridgehead atoms. The molecule has 0 N–H and O–H groups in total. The second kappa shape index (κ2) is 7.60. The maximum absolute atomic E-state index is 13.0. The topological polar surface area (TPSA) is 32.8 Å². The monoisotopic (exact) mass is 350 g/mol.